The molecule has 21 heavy (non-hydrogen) atoms. The van der Waals surface area contributed by atoms with E-state index in [1.165, 1.54) is 11.3 Å². The molecule has 0 aliphatic heterocycles. The van der Waals surface area contributed by atoms with E-state index in [9.17, 15) is 8.42 Å². The van der Waals surface area contributed by atoms with E-state index in [0.29, 0.717) is 10.3 Å². The highest BCUT2D eigenvalue weighted by atomic mass is 79.9. The lowest BCUT2D eigenvalue weighted by molar-refractivity contribution is 0.581. The molecule has 0 saturated carbocycles. The van der Waals surface area contributed by atoms with Gasteiger partial charge < -0.3 is 5.32 Å². The highest BCUT2D eigenvalue weighted by Gasteiger charge is 2.20. The second-order valence-electron chi connectivity index (χ2n) is 4.46. The van der Waals surface area contributed by atoms with Crippen LogP contribution in [0.25, 0.3) is 0 Å². The minimum atomic E-state index is -3.53. The molecule has 0 saturated heterocycles. The number of H-pyrrole nitrogens is 1. The fourth-order valence-electron chi connectivity index (χ4n) is 1.69. The van der Waals surface area contributed by atoms with Crippen LogP contribution in [0.15, 0.2) is 27.1 Å². The van der Waals surface area contributed by atoms with Gasteiger partial charge in [0.15, 0.2) is 0 Å². The van der Waals surface area contributed by atoms with E-state index < -0.39 is 10.0 Å². The van der Waals surface area contributed by atoms with Gasteiger partial charge in [0.05, 0.1) is 9.98 Å². The van der Waals surface area contributed by atoms with Gasteiger partial charge in [-0.25, -0.2) is 13.1 Å². The molecule has 2 aromatic rings. The molecule has 6 nitrogen and oxygen atoms in total. The smallest absolute Gasteiger partial charge is 0.242 e. The number of aromatic amines is 1. The maximum Gasteiger partial charge on any atom is 0.242 e. The van der Waals surface area contributed by atoms with E-state index in [2.05, 4.69) is 43.1 Å². The van der Waals surface area contributed by atoms with Crippen LogP contribution in [0.5, 0.6) is 0 Å². The van der Waals surface area contributed by atoms with Gasteiger partial charge in [-0.2, -0.15) is 5.10 Å². The lowest BCUT2D eigenvalue weighted by atomic mass is 10.4. The number of hydrogen-bond acceptors (Lipinski definition) is 5. The van der Waals surface area contributed by atoms with Crippen molar-refractivity contribution in [2.45, 2.75) is 31.3 Å². The van der Waals surface area contributed by atoms with Gasteiger partial charge in [-0.05, 0) is 35.0 Å². The Kier molecular flexibility index (Phi) is 5.94. The van der Waals surface area contributed by atoms with E-state index in [4.69, 9.17) is 0 Å². The summed E-state index contributed by atoms with van der Waals surface area (Å²) >= 11 is 4.77. The molecule has 3 N–H and O–H groups in total. The Morgan fingerprint density at radius 3 is 2.90 bits per heavy atom. The quantitative estimate of drug-likeness (QED) is 0.601. The van der Waals surface area contributed by atoms with Gasteiger partial charge >= 0.3 is 0 Å². The molecule has 116 valence electrons. The van der Waals surface area contributed by atoms with Gasteiger partial charge in [-0.1, -0.05) is 6.92 Å². The van der Waals surface area contributed by atoms with Gasteiger partial charge in [-0.15, -0.1) is 11.3 Å². The Morgan fingerprint density at radius 1 is 1.43 bits per heavy atom. The first-order chi connectivity index (χ1) is 10.0. The van der Waals surface area contributed by atoms with E-state index in [1.54, 1.807) is 18.5 Å². The second kappa shape index (κ2) is 7.50. The second-order valence-corrected chi connectivity index (χ2v) is 8.65. The average molecular weight is 393 g/mol. The van der Waals surface area contributed by atoms with Gasteiger partial charge in [-0.3, -0.25) is 5.10 Å². The summed E-state index contributed by atoms with van der Waals surface area (Å²) in [6, 6.07) is 1.70. The minimum absolute atomic E-state index is 0.213. The molecule has 0 aromatic carbocycles. The summed E-state index contributed by atoms with van der Waals surface area (Å²) < 4.78 is 27.8. The number of aromatic nitrogens is 2. The van der Waals surface area contributed by atoms with Gasteiger partial charge in [0.1, 0.15) is 4.90 Å². The van der Waals surface area contributed by atoms with Crippen molar-refractivity contribution in [1.29, 1.82) is 0 Å². The lowest BCUT2D eigenvalue weighted by Crippen LogP contribution is -2.23. The normalized spacial score (nSPS) is 11.9. The summed E-state index contributed by atoms with van der Waals surface area (Å²) in [5.74, 6) is 0. The maximum atomic E-state index is 12.3. The molecule has 2 heterocycles. The zero-order valence-corrected chi connectivity index (χ0v) is 14.7. The first-order valence-corrected chi connectivity index (χ1v) is 9.58. The topological polar surface area (TPSA) is 86.9 Å². The van der Waals surface area contributed by atoms with E-state index in [1.807, 2.05) is 0 Å². The summed E-state index contributed by atoms with van der Waals surface area (Å²) in [6.07, 6.45) is 4.29. The number of rotatable bonds is 8. The molecule has 9 heteroatoms. The van der Waals surface area contributed by atoms with Crippen LogP contribution in [0, 0.1) is 0 Å². The Hall–Kier alpha value is -0.740. The van der Waals surface area contributed by atoms with Crippen LogP contribution in [0.3, 0.4) is 0 Å². The SMILES string of the molecule is CCCNCc1cc(S(=O)(=O)NCc2cn[nH]c2)c(Br)s1. The van der Waals surface area contributed by atoms with Crippen LogP contribution in [0.4, 0.5) is 0 Å². The fourth-order valence-corrected chi connectivity index (χ4v) is 5.35. The molecular formula is C12H17BrN4O2S2. The predicted octanol–water partition coefficient (Wildman–Crippen LogP) is 2.21. The van der Waals surface area contributed by atoms with Crippen molar-refractivity contribution < 1.29 is 8.42 Å². The Bertz CT molecular complexity index is 667. The van der Waals surface area contributed by atoms with Crippen LogP contribution in [0.2, 0.25) is 0 Å². The molecule has 0 amide bonds. The monoisotopic (exact) mass is 392 g/mol. The minimum Gasteiger partial charge on any atom is -0.312 e. The first kappa shape index (κ1) is 16.6. The molecule has 2 rings (SSSR count). The van der Waals surface area contributed by atoms with Crippen molar-refractivity contribution in [3.63, 3.8) is 0 Å². The van der Waals surface area contributed by atoms with Crippen molar-refractivity contribution in [3.05, 3.63) is 32.7 Å². The highest BCUT2D eigenvalue weighted by molar-refractivity contribution is 9.11. The van der Waals surface area contributed by atoms with E-state index in [-0.39, 0.29) is 11.4 Å². The Balaban J connectivity index is 2.05. The van der Waals surface area contributed by atoms with Crippen LogP contribution < -0.4 is 10.0 Å². The van der Waals surface area contributed by atoms with Crippen LogP contribution in [-0.2, 0) is 23.1 Å². The molecule has 0 unspecified atom stereocenters. The molecule has 0 bridgehead atoms. The van der Waals surface area contributed by atoms with Crippen molar-refractivity contribution in [3.8, 4) is 0 Å². The third-order valence-corrected chi connectivity index (χ3v) is 6.40. The molecule has 0 spiro atoms. The zero-order chi connectivity index (χ0) is 15.3. The number of nitrogens with zero attached hydrogens (tertiary/aromatic N) is 1. The number of halogens is 1. The molecule has 0 fully saturated rings. The third kappa shape index (κ3) is 4.62. The van der Waals surface area contributed by atoms with Gasteiger partial charge in [0, 0.05) is 29.7 Å². The maximum absolute atomic E-state index is 12.3. The van der Waals surface area contributed by atoms with Crippen molar-refractivity contribution >= 4 is 37.3 Å². The number of sulfonamides is 1. The molecule has 0 aliphatic rings. The summed E-state index contributed by atoms with van der Waals surface area (Å²) in [6.45, 7) is 3.89. The Morgan fingerprint density at radius 2 is 2.24 bits per heavy atom. The van der Waals surface area contributed by atoms with Crippen LogP contribution in [-0.4, -0.2) is 25.2 Å². The van der Waals surface area contributed by atoms with Gasteiger partial charge in [0.2, 0.25) is 10.0 Å². The Labute approximate surface area is 136 Å². The molecule has 0 atom stereocenters. The fraction of sp³-hybridized carbons (Fsp3) is 0.417. The number of nitrogens with one attached hydrogen (secondary N) is 3. The average Bonchev–Trinajstić information content (AvgIpc) is 3.07. The molecule has 2 aromatic heterocycles. The van der Waals surface area contributed by atoms with Crippen molar-refractivity contribution in [2.75, 3.05) is 6.54 Å². The lowest BCUT2D eigenvalue weighted by Gasteiger charge is -2.04. The largest absolute Gasteiger partial charge is 0.312 e. The zero-order valence-electron chi connectivity index (χ0n) is 11.5. The van der Waals surface area contributed by atoms with E-state index >= 15 is 0 Å². The third-order valence-electron chi connectivity index (χ3n) is 2.74. The molecule has 0 aliphatic carbocycles. The summed E-state index contributed by atoms with van der Waals surface area (Å²) in [5.41, 5.74) is 0.787. The standard InChI is InChI=1S/C12H17BrN4O2S2/c1-2-3-14-8-10-4-11(12(13)20-10)21(18,19)17-7-9-5-15-16-6-9/h4-6,14,17H,2-3,7-8H2,1H3,(H,15,16). The summed E-state index contributed by atoms with van der Waals surface area (Å²) in [7, 11) is -3.53. The molecular weight excluding hydrogens is 376 g/mol. The highest BCUT2D eigenvalue weighted by Crippen LogP contribution is 2.31. The van der Waals surface area contributed by atoms with E-state index in [0.717, 1.165) is 23.4 Å². The summed E-state index contributed by atoms with van der Waals surface area (Å²) in [4.78, 5) is 1.27. The summed E-state index contributed by atoms with van der Waals surface area (Å²) in [5, 5.41) is 9.69. The van der Waals surface area contributed by atoms with Gasteiger partial charge in [0.25, 0.3) is 0 Å². The van der Waals surface area contributed by atoms with Crippen molar-refractivity contribution in [2.24, 2.45) is 0 Å². The van der Waals surface area contributed by atoms with Crippen LogP contribution in [0.1, 0.15) is 23.8 Å². The first-order valence-electron chi connectivity index (χ1n) is 6.49. The van der Waals surface area contributed by atoms with Crippen LogP contribution >= 0.6 is 27.3 Å². The predicted molar refractivity (Wildman–Crippen MR) is 86.6 cm³/mol. The van der Waals surface area contributed by atoms with Crippen molar-refractivity contribution in [1.82, 2.24) is 20.2 Å². The number of thiophene rings is 1. The number of hydrogen-bond donors (Lipinski definition) is 3. The molecule has 0 radical (unpaired) electrons.